The van der Waals surface area contributed by atoms with Gasteiger partial charge in [0, 0.05) is 12.5 Å². The number of carbonyl (C=O) groups excluding carboxylic acids is 1. The van der Waals surface area contributed by atoms with Crippen LogP contribution in [0.4, 0.5) is 4.79 Å². The average molecular weight is 445 g/mol. The second-order valence-corrected chi connectivity index (χ2v) is 8.05. The van der Waals surface area contributed by atoms with Crippen LogP contribution in [-0.2, 0) is 9.53 Å². The summed E-state index contributed by atoms with van der Waals surface area (Å²) in [4.78, 5) is 26.2. The predicted octanol–water partition coefficient (Wildman–Crippen LogP) is 4.28. The van der Waals surface area contributed by atoms with E-state index in [1.807, 2.05) is 24.3 Å². The number of amides is 1. The zero-order valence-electron chi connectivity index (χ0n) is 17.5. The second kappa shape index (κ2) is 10.6. The van der Waals surface area contributed by atoms with Crippen molar-refractivity contribution < 1.29 is 19.4 Å². The van der Waals surface area contributed by atoms with Crippen LogP contribution in [0.5, 0.6) is 0 Å². The van der Waals surface area contributed by atoms with E-state index < -0.39 is 18.1 Å². The number of carboxylic acids is 1. The van der Waals surface area contributed by atoms with E-state index in [-0.39, 0.29) is 24.9 Å². The summed E-state index contributed by atoms with van der Waals surface area (Å²) in [6.07, 6.45) is 3.23. The molecule has 1 aliphatic heterocycles. The highest BCUT2D eigenvalue weighted by molar-refractivity contribution is 5.85. The van der Waals surface area contributed by atoms with Crippen LogP contribution in [0, 0.1) is 0 Å². The van der Waals surface area contributed by atoms with E-state index in [4.69, 9.17) is 4.74 Å². The highest BCUT2D eigenvalue weighted by Gasteiger charge is 2.29. The Morgan fingerprint density at radius 1 is 1.00 bits per heavy atom. The molecule has 0 spiro atoms. The Morgan fingerprint density at radius 3 is 2.16 bits per heavy atom. The Morgan fingerprint density at radius 2 is 1.58 bits per heavy atom. The van der Waals surface area contributed by atoms with Crippen LogP contribution in [0.2, 0.25) is 0 Å². The molecule has 2 N–H and O–H groups in total. The minimum atomic E-state index is -1.03. The van der Waals surface area contributed by atoms with Gasteiger partial charge in [-0.05, 0) is 54.6 Å². The molecule has 1 aliphatic carbocycles. The molecule has 1 saturated heterocycles. The summed E-state index contributed by atoms with van der Waals surface area (Å²) in [6.45, 7) is 2.84. The standard InChI is InChI=1S/C24H28N2O4.ClH/c27-23(28)22(12-15-26-13-6-1-7-14-26)25-24(29)30-16-21-19-10-4-2-8-17(19)18-9-3-5-11-20(18)21;/h2-5,8-11,21-22H,1,6-7,12-16H2,(H,25,29)(H,27,28);1H/t22-;/m0./s1. The largest absolute Gasteiger partial charge is 0.480 e. The van der Waals surface area contributed by atoms with Gasteiger partial charge in [-0.1, -0.05) is 55.0 Å². The Balaban J connectivity index is 0.00000272. The van der Waals surface area contributed by atoms with Crippen LogP contribution in [-0.4, -0.2) is 54.4 Å². The summed E-state index contributed by atoms with van der Waals surface area (Å²) < 4.78 is 5.49. The topological polar surface area (TPSA) is 78.9 Å². The van der Waals surface area contributed by atoms with Gasteiger partial charge in [0.25, 0.3) is 0 Å². The Hall–Kier alpha value is -2.57. The SMILES string of the molecule is Cl.O=C(N[C@@H](CCN1CCCCC1)C(=O)O)OCC1c2ccccc2-c2ccccc21. The fraction of sp³-hybridized carbons (Fsp3) is 0.417. The molecule has 1 fully saturated rings. The number of ether oxygens (including phenoxy) is 1. The summed E-state index contributed by atoms with van der Waals surface area (Å²) in [5.74, 6) is -1.07. The quantitative estimate of drug-likeness (QED) is 0.666. The van der Waals surface area contributed by atoms with E-state index in [0.717, 1.165) is 48.2 Å². The van der Waals surface area contributed by atoms with Gasteiger partial charge in [-0.15, -0.1) is 12.4 Å². The van der Waals surface area contributed by atoms with Crippen molar-refractivity contribution in [3.63, 3.8) is 0 Å². The average Bonchev–Trinajstić information content (AvgIpc) is 3.09. The van der Waals surface area contributed by atoms with Gasteiger partial charge < -0.3 is 20.1 Å². The molecule has 1 atom stereocenters. The lowest BCUT2D eigenvalue weighted by Gasteiger charge is -2.27. The minimum absolute atomic E-state index is 0. The fourth-order valence-corrected chi connectivity index (χ4v) is 4.53. The summed E-state index contributed by atoms with van der Waals surface area (Å²) in [5, 5.41) is 12.0. The number of hydrogen-bond donors (Lipinski definition) is 2. The molecule has 4 rings (SSSR count). The van der Waals surface area contributed by atoms with Crippen LogP contribution in [0.15, 0.2) is 48.5 Å². The molecular formula is C24H29ClN2O4. The van der Waals surface area contributed by atoms with Crippen LogP contribution in [0.25, 0.3) is 11.1 Å². The molecule has 7 heteroatoms. The van der Waals surface area contributed by atoms with Crippen molar-refractivity contribution in [3.8, 4) is 11.1 Å². The highest BCUT2D eigenvalue weighted by atomic mass is 35.5. The van der Waals surface area contributed by atoms with Gasteiger partial charge in [-0.25, -0.2) is 9.59 Å². The van der Waals surface area contributed by atoms with Gasteiger partial charge in [0.05, 0.1) is 0 Å². The minimum Gasteiger partial charge on any atom is -0.480 e. The van der Waals surface area contributed by atoms with Gasteiger partial charge in [-0.2, -0.15) is 0 Å². The molecule has 6 nitrogen and oxygen atoms in total. The number of hydrogen-bond acceptors (Lipinski definition) is 4. The number of halogens is 1. The molecule has 2 aromatic carbocycles. The molecule has 0 bridgehead atoms. The van der Waals surface area contributed by atoms with E-state index in [1.165, 1.54) is 6.42 Å². The van der Waals surface area contributed by atoms with E-state index in [2.05, 4.69) is 34.5 Å². The molecule has 0 unspecified atom stereocenters. The Kier molecular flexibility index (Phi) is 7.93. The number of nitrogens with zero attached hydrogens (tertiary/aromatic N) is 1. The van der Waals surface area contributed by atoms with Crippen LogP contribution in [0.3, 0.4) is 0 Å². The summed E-state index contributed by atoms with van der Waals surface area (Å²) in [7, 11) is 0. The number of rotatable bonds is 7. The lowest BCUT2D eigenvalue weighted by Crippen LogP contribution is -2.44. The molecule has 1 amide bonds. The monoisotopic (exact) mass is 444 g/mol. The number of fused-ring (bicyclic) bond motifs is 3. The number of nitrogens with one attached hydrogen (secondary N) is 1. The first-order valence-corrected chi connectivity index (χ1v) is 10.7. The van der Waals surface area contributed by atoms with E-state index >= 15 is 0 Å². The smallest absolute Gasteiger partial charge is 0.407 e. The molecule has 31 heavy (non-hydrogen) atoms. The van der Waals surface area contributed by atoms with Crippen molar-refractivity contribution in [2.24, 2.45) is 0 Å². The van der Waals surface area contributed by atoms with Crippen molar-refractivity contribution in [3.05, 3.63) is 59.7 Å². The van der Waals surface area contributed by atoms with Gasteiger partial charge in [0.15, 0.2) is 0 Å². The van der Waals surface area contributed by atoms with Crippen LogP contribution in [0.1, 0.15) is 42.7 Å². The predicted molar refractivity (Wildman–Crippen MR) is 122 cm³/mol. The van der Waals surface area contributed by atoms with Crippen molar-refractivity contribution in [1.82, 2.24) is 10.2 Å². The molecular weight excluding hydrogens is 416 g/mol. The van der Waals surface area contributed by atoms with Crippen LogP contribution < -0.4 is 5.32 Å². The summed E-state index contributed by atoms with van der Waals surface area (Å²) >= 11 is 0. The first-order chi connectivity index (χ1) is 14.6. The van der Waals surface area contributed by atoms with Crippen LogP contribution >= 0.6 is 12.4 Å². The van der Waals surface area contributed by atoms with Gasteiger partial charge in [-0.3, -0.25) is 0 Å². The molecule has 166 valence electrons. The second-order valence-electron chi connectivity index (χ2n) is 8.05. The maximum atomic E-state index is 12.4. The molecule has 0 radical (unpaired) electrons. The third kappa shape index (κ3) is 5.38. The number of likely N-dealkylation sites (tertiary alicyclic amines) is 1. The fourth-order valence-electron chi connectivity index (χ4n) is 4.53. The van der Waals surface area contributed by atoms with E-state index in [0.29, 0.717) is 13.0 Å². The first-order valence-electron chi connectivity index (χ1n) is 10.7. The number of carboxylic acid groups (broad SMARTS) is 1. The Labute approximate surface area is 189 Å². The summed E-state index contributed by atoms with van der Waals surface area (Å²) in [6, 6.07) is 15.3. The van der Waals surface area contributed by atoms with Crippen molar-refractivity contribution >= 4 is 24.5 Å². The molecule has 2 aliphatic rings. The highest BCUT2D eigenvalue weighted by Crippen LogP contribution is 2.44. The molecule has 0 saturated carbocycles. The maximum Gasteiger partial charge on any atom is 0.407 e. The number of piperidine rings is 1. The van der Waals surface area contributed by atoms with Crippen molar-refractivity contribution in [1.29, 1.82) is 0 Å². The molecule has 0 aromatic heterocycles. The van der Waals surface area contributed by atoms with E-state index in [1.54, 1.807) is 0 Å². The third-order valence-electron chi connectivity index (χ3n) is 6.12. The zero-order chi connectivity index (χ0) is 20.9. The molecule has 2 aromatic rings. The lowest BCUT2D eigenvalue weighted by atomic mass is 9.98. The Bertz CT molecular complexity index is 868. The summed E-state index contributed by atoms with van der Waals surface area (Å²) in [5.41, 5.74) is 4.58. The van der Waals surface area contributed by atoms with Gasteiger partial charge >= 0.3 is 12.1 Å². The number of aliphatic carboxylic acids is 1. The number of benzene rings is 2. The van der Waals surface area contributed by atoms with Crippen molar-refractivity contribution in [2.45, 2.75) is 37.6 Å². The number of carbonyl (C=O) groups is 2. The van der Waals surface area contributed by atoms with E-state index in [9.17, 15) is 14.7 Å². The third-order valence-corrected chi connectivity index (χ3v) is 6.12. The van der Waals surface area contributed by atoms with Crippen molar-refractivity contribution in [2.75, 3.05) is 26.2 Å². The normalized spacial score (nSPS) is 16.5. The van der Waals surface area contributed by atoms with Gasteiger partial charge in [0.2, 0.25) is 0 Å². The molecule has 1 heterocycles. The lowest BCUT2D eigenvalue weighted by molar-refractivity contribution is -0.139. The van der Waals surface area contributed by atoms with Gasteiger partial charge in [0.1, 0.15) is 12.6 Å². The maximum absolute atomic E-state index is 12.4. The number of alkyl carbamates (subject to hydrolysis) is 1. The first kappa shape index (κ1) is 23.1. The zero-order valence-corrected chi connectivity index (χ0v) is 18.3.